The Labute approximate surface area is 173 Å². The Morgan fingerprint density at radius 1 is 1.14 bits per heavy atom. The molecule has 3 amide bonds. The Morgan fingerprint density at radius 2 is 1.76 bits per heavy atom. The fraction of sp³-hybridized carbons (Fsp3) is 0.591. The van der Waals surface area contributed by atoms with E-state index in [4.69, 9.17) is 4.74 Å². The summed E-state index contributed by atoms with van der Waals surface area (Å²) in [4.78, 5) is 38.4. The van der Waals surface area contributed by atoms with E-state index in [1.807, 2.05) is 27.7 Å². The summed E-state index contributed by atoms with van der Waals surface area (Å²) in [6.45, 7) is 8.82. The molecule has 2 atom stereocenters. The molecule has 0 spiro atoms. The normalized spacial score (nSPS) is 21.8. The molecule has 0 saturated heterocycles. The van der Waals surface area contributed by atoms with Gasteiger partial charge in [-0.25, -0.2) is 4.79 Å². The number of hydrogen-bond donors (Lipinski definition) is 2. The molecule has 1 aliphatic carbocycles. The fourth-order valence-electron chi connectivity index (χ4n) is 3.51. The summed E-state index contributed by atoms with van der Waals surface area (Å²) in [6.07, 6.45) is 2.80. The molecule has 7 heteroatoms. The molecule has 1 aromatic carbocycles. The Balaban J connectivity index is 2.09. The van der Waals surface area contributed by atoms with Gasteiger partial charge in [-0.15, -0.1) is 0 Å². The molecule has 1 fully saturated rings. The van der Waals surface area contributed by atoms with Crippen molar-refractivity contribution in [1.29, 1.82) is 0 Å². The zero-order valence-electron chi connectivity index (χ0n) is 18.3. The molecule has 1 aromatic rings. The van der Waals surface area contributed by atoms with Crippen LogP contribution in [0.5, 0.6) is 0 Å². The average molecular weight is 404 g/mol. The predicted octanol–water partition coefficient (Wildman–Crippen LogP) is 4.08. The second kappa shape index (κ2) is 8.84. The Morgan fingerprint density at radius 3 is 2.31 bits per heavy atom. The molecule has 0 heterocycles. The van der Waals surface area contributed by atoms with Crippen LogP contribution in [0, 0.1) is 5.41 Å². The van der Waals surface area contributed by atoms with Crippen molar-refractivity contribution in [2.75, 3.05) is 17.3 Å². The number of anilines is 2. The smallest absolute Gasteiger partial charge is 0.407 e. The lowest BCUT2D eigenvalue weighted by atomic mass is 9.71. The van der Waals surface area contributed by atoms with Gasteiger partial charge in [0.05, 0.1) is 5.41 Å². The highest BCUT2D eigenvalue weighted by molar-refractivity contribution is 5.96. The van der Waals surface area contributed by atoms with Crippen molar-refractivity contribution in [3.8, 4) is 0 Å². The number of carbonyl (C=O) groups excluding carboxylic acids is 3. The minimum atomic E-state index is -0.732. The van der Waals surface area contributed by atoms with Crippen LogP contribution in [0.1, 0.15) is 60.3 Å². The lowest BCUT2D eigenvalue weighted by molar-refractivity contribution is -0.127. The highest BCUT2D eigenvalue weighted by Gasteiger charge is 2.44. The number of rotatable bonds is 4. The molecule has 2 rings (SSSR count). The Kier molecular flexibility index (Phi) is 6.93. The van der Waals surface area contributed by atoms with E-state index in [-0.39, 0.29) is 17.9 Å². The molecule has 1 aliphatic rings. The minimum Gasteiger partial charge on any atom is -0.444 e. The van der Waals surface area contributed by atoms with Crippen molar-refractivity contribution in [2.24, 2.45) is 5.41 Å². The van der Waals surface area contributed by atoms with Crippen LogP contribution in [0.2, 0.25) is 0 Å². The average Bonchev–Trinajstić information content (AvgIpc) is 2.62. The number of nitrogens with zero attached hydrogens (tertiary/aromatic N) is 1. The van der Waals surface area contributed by atoms with Gasteiger partial charge in [-0.2, -0.15) is 0 Å². The van der Waals surface area contributed by atoms with Crippen molar-refractivity contribution in [2.45, 2.75) is 71.9 Å². The standard InChI is InChI=1S/C22H33N3O4/c1-15(26)25(6)17-12-10-16(11-13-17)23-19(27)22(5)14-8-7-9-18(22)24-20(28)29-21(2,3)4/h10-13,18H,7-9,14H2,1-6H3,(H,23,27)(H,24,28)/t18-,22-/m1/s1. The first-order chi connectivity index (χ1) is 13.4. The first-order valence-electron chi connectivity index (χ1n) is 10.1. The number of nitrogens with one attached hydrogen (secondary N) is 2. The van der Waals surface area contributed by atoms with Gasteiger partial charge in [0.1, 0.15) is 5.60 Å². The number of benzene rings is 1. The van der Waals surface area contributed by atoms with Crippen molar-refractivity contribution >= 4 is 29.3 Å². The maximum atomic E-state index is 13.1. The van der Waals surface area contributed by atoms with Crippen LogP contribution in [-0.2, 0) is 14.3 Å². The number of amides is 3. The molecule has 0 unspecified atom stereocenters. The van der Waals surface area contributed by atoms with E-state index in [2.05, 4.69) is 10.6 Å². The summed E-state index contributed by atoms with van der Waals surface area (Å²) in [5, 5.41) is 5.87. The van der Waals surface area contributed by atoms with Gasteiger partial charge in [-0.3, -0.25) is 9.59 Å². The van der Waals surface area contributed by atoms with Crippen LogP contribution in [0.25, 0.3) is 0 Å². The van der Waals surface area contributed by atoms with Crippen molar-refractivity contribution in [3.63, 3.8) is 0 Å². The summed E-state index contributed by atoms with van der Waals surface area (Å²) in [6, 6.07) is 6.83. The van der Waals surface area contributed by atoms with Crippen molar-refractivity contribution < 1.29 is 19.1 Å². The topological polar surface area (TPSA) is 87.7 Å². The fourth-order valence-corrected chi connectivity index (χ4v) is 3.51. The number of hydrogen-bond acceptors (Lipinski definition) is 4. The molecule has 0 bridgehead atoms. The summed E-state index contributed by atoms with van der Waals surface area (Å²) < 4.78 is 5.37. The van der Waals surface area contributed by atoms with Crippen LogP contribution < -0.4 is 15.5 Å². The van der Waals surface area contributed by atoms with Gasteiger partial charge in [0.15, 0.2) is 0 Å². The van der Waals surface area contributed by atoms with Crippen molar-refractivity contribution in [3.05, 3.63) is 24.3 Å². The van der Waals surface area contributed by atoms with E-state index in [1.54, 1.807) is 31.3 Å². The molecule has 29 heavy (non-hydrogen) atoms. The quantitative estimate of drug-likeness (QED) is 0.793. The van der Waals surface area contributed by atoms with Crippen LogP contribution >= 0.6 is 0 Å². The van der Waals surface area contributed by atoms with Crippen LogP contribution in [0.4, 0.5) is 16.2 Å². The lowest BCUT2D eigenvalue weighted by Crippen LogP contribution is -2.54. The van der Waals surface area contributed by atoms with Crippen molar-refractivity contribution in [1.82, 2.24) is 5.32 Å². The van der Waals surface area contributed by atoms with E-state index in [0.717, 1.165) is 24.9 Å². The summed E-state index contributed by atoms with van der Waals surface area (Å²) in [7, 11) is 1.70. The van der Waals surface area contributed by atoms with Crippen LogP contribution in [0.3, 0.4) is 0 Å². The summed E-state index contributed by atoms with van der Waals surface area (Å²) >= 11 is 0. The second-order valence-corrected chi connectivity index (χ2v) is 8.94. The van der Waals surface area contributed by atoms with E-state index >= 15 is 0 Å². The van der Waals surface area contributed by atoms with Gasteiger partial charge >= 0.3 is 6.09 Å². The lowest BCUT2D eigenvalue weighted by Gasteiger charge is -2.40. The molecular formula is C22H33N3O4. The molecule has 7 nitrogen and oxygen atoms in total. The van der Waals surface area contributed by atoms with Gasteiger partial charge < -0.3 is 20.3 Å². The first kappa shape index (κ1) is 22.7. The monoisotopic (exact) mass is 403 g/mol. The van der Waals surface area contributed by atoms with Gasteiger partial charge in [-0.1, -0.05) is 12.8 Å². The molecule has 2 N–H and O–H groups in total. The molecule has 0 aliphatic heterocycles. The second-order valence-electron chi connectivity index (χ2n) is 8.94. The zero-order valence-corrected chi connectivity index (χ0v) is 18.3. The third kappa shape index (κ3) is 5.95. The molecule has 0 radical (unpaired) electrons. The molecule has 160 valence electrons. The predicted molar refractivity (Wildman–Crippen MR) is 114 cm³/mol. The van der Waals surface area contributed by atoms with Crippen LogP contribution in [0.15, 0.2) is 24.3 Å². The third-order valence-electron chi connectivity index (χ3n) is 5.40. The van der Waals surface area contributed by atoms with E-state index in [9.17, 15) is 14.4 Å². The van der Waals surface area contributed by atoms with Gasteiger partial charge in [0, 0.05) is 31.4 Å². The minimum absolute atomic E-state index is 0.0624. The summed E-state index contributed by atoms with van der Waals surface area (Å²) in [5.74, 6) is -0.196. The number of ether oxygens (including phenoxy) is 1. The third-order valence-corrected chi connectivity index (χ3v) is 5.40. The maximum Gasteiger partial charge on any atom is 0.407 e. The van der Waals surface area contributed by atoms with E-state index < -0.39 is 17.1 Å². The number of carbonyl (C=O) groups is 3. The van der Waals surface area contributed by atoms with Gasteiger partial charge in [0.2, 0.25) is 11.8 Å². The van der Waals surface area contributed by atoms with Gasteiger partial charge in [-0.05, 0) is 64.8 Å². The largest absolute Gasteiger partial charge is 0.444 e. The molecule has 0 aromatic heterocycles. The highest BCUT2D eigenvalue weighted by atomic mass is 16.6. The maximum absolute atomic E-state index is 13.1. The summed E-state index contributed by atoms with van der Waals surface area (Å²) in [5.41, 5.74) is 0.0817. The van der Waals surface area contributed by atoms with E-state index in [0.29, 0.717) is 12.1 Å². The first-order valence-corrected chi connectivity index (χ1v) is 10.1. The van der Waals surface area contributed by atoms with Crippen LogP contribution in [-0.4, -0.2) is 36.6 Å². The number of alkyl carbamates (subject to hydrolysis) is 1. The van der Waals surface area contributed by atoms with Gasteiger partial charge in [0.25, 0.3) is 0 Å². The molecular weight excluding hydrogens is 370 g/mol. The van der Waals surface area contributed by atoms with E-state index in [1.165, 1.54) is 11.8 Å². The zero-order chi connectivity index (χ0) is 21.8. The molecule has 1 saturated carbocycles. The Bertz CT molecular complexity index is 754. The Hall–Kier alpha value is -2.57. The highest BCUT2D eigenvalue weighted by Crippen LogP contribution is 2.37. The SMILES string of the molecule is CC(=O)N(C)c1ccc(NC(=O)[C@]2(C)CCCC[C@H]2NC(=O)OC(C)(C)C)cc1.